The number of rotatable bonds is 5. The molecule has 2 aromatic rings. The Labute approximate surface area is 107 Å². The van der Waals surface area contributed by atoms with Crippen molar-refractivity contribution in [1.82, 2.24) is 18.9 Å². The summed E-state index contributed by atoms with van der Waals surface area (Å²) >= 11 is 0. The molecule has 5 nitrogen and oxygen atoms in total. The molecular formula is C13H20N4O. The number of aryl methyl sites for hydroxylation is 1. The maximum atomic E-state index is 11.7. The molecule has 0 unspecified atom stereocenters. The fourth-order valence-electron chi connectivity index (χ4n) is 2.13. The fraction of sp³-hybridized carbons (Fsp3) is 0.538. The van der Waals surface area contributed by atoms with Crippen LogP contribution in [0.2, 0.25) is 0 Å². The summed E-state index contributed by atoms with van der Waals surface area (Å²) in [7, 11) is 1.75. The van der Waals surface area contributed by atoms with Crippen LogP contribution in [0.15, 0.2) is 29.5 Å². The predicted molar refractivity (Wildman–Crippen MR) is 70.6 cm³/mol. The molecule has 2 heterocycles. The molecule has 0 spiro atoms. The third kappa shape index (κ3) is 2.39. The average Bonchev–Trinajstić information content (AvgIpc) is 2.94. The van der Waals surface area contributed by atoms with Crippen LogP contribution in [0.1, 0.15) is 38.4 Å². The van der Waals surface area contributed by atoms with Gasteiger partial charge in [-0.1, -0.05) is 13.8 Å². The van der Waals surface area contributed by atoms with E-state index in [4.69, 9.17) is 0 Å². The van der Waals surface area contributed by atoms with Gasteiger partial charge in [-0.15, -0.1) is 0 Å². The molecule has 98 valence electrons. The molecule has 0 aliphatic rings. The Kier molecular flexibility index (Phi) is 3.69. The number of hydrogen-bond acceptors (Lipinski definition) is 2. The van der Waals surface area contributed by atoms with Crippen LogP contribution in [0.3, 0.4) is 0 Å². The highest BCUT2D eigenvalue weighted by Gasteiger charge is 2.09. The normalized spacial score (nSPS) is 11.3. The second kappa shape index (κ2) is 5.25. The van der Waals surface area contributed by atoms with E-state index in [0.29, 0.717) is 12.6 Å². The van der Waals surface area contributed by atoms with Gasteiger partial charge in [-0.3, -0.25) is 9.25 Å². The van der Waals surface area contributed by atoms with E-state index in [-0.39, 0.29) is 5.69 Å². The molecule has 0 radical (unpaired) electrons. The van der Waals surface area contributed by atoms with Gasteiger partial charge >= 0.3 is 5.69 Å². The number of aromatic nitrogens is 4. The lowest BCUT2D eigenvalue weighted by atomic mass is 10.2. The molecule has 5 heteroatoms. The SMILES string of the molecule is CCC(CC)n1ccc(Cn2ccn(C)c2=O)n1. The molecule has 0 amide bonds. The Morgan fingerprint density at radius 1 is 1.22 bits per heavy atom. The lowest BCUT2D eigenvalue weighted by molar-refractivity contribution is 0.424. The van der Waals surface area contributed by atoms with Crippen molar-refractivity contribution in [2.45, 2.75) is 39.3 Å². The van der Waals surface area contributed by atoms with E-state index in [2.05, 4.69) is 18.9 Å². The van der Waals surface area contributed by atoms with E-state index < -0.39 is 0 Å². The summed E-state index contributed by atoms with van der Waals surface area (Å²) in [6.07, 6.45) is 7.70. The topological polar surface area (TPSA) is 44.8 Å². The number of hydrogen-bond donors (Lipinski definition) is 0. The van der Waals surface area contributed by atoms with E-state index in [1.54, 1.807) is 28.6 Å². The van der Waals surface area contributed by atoms with Gasteiger partial charge in [-0.2, -0.15) is 5.10 Å². The first kappa shape index (κ1) is 12.7. The van der Waals surface area contributed by atoms with E-state index in [1.165, 1.54) is 0 Å². The highest BCUT2D eigenvalue weighted by atomic mass is 16.1. The molecule has 0 aliphatic carbocycles. The summed E-state index contributed by atoms with van der Waals surface area (Å²) in [6.45, 7) is 4.86. The lowest BCUT2D eigenvalue weighted by Gasteiger charge is -2.12. The molecule has 0 bridgehead atoms. The van der Waals surface area contributed by atoms with E-state index >= 15 is 0 Å². The largest absolute Gasteiger partial charge is 0.328 e. The highest BCUT2D eigenvalue weighted by molar-refractivity contribution is 5.01. The van der Waals surface area contributed by atoms with Crippen LogP contribution >= 0.6 is 0 Å². The standard InChI is InChI=1S/C13H20N4O/c1-4-12(5-2)17-7-6-11(14-17)10-16-9-8-15(3)13(16)18/h6-9,12H,4-5,10H2,1-3H3. The van der Waals surface area contributed by atoms with Crippen LogP contribution in [0, 0.1) is 0 Å². The monoisotopic (exact) mass is 248 g/mol. The Bertz CT molecular complexity index is 560. The van der Waals surface area contributed by atoms with Crippen molar-refractivity contribution in [1.29, 1.82) is 0 Å². The van der Waals surface area contributed by atoms with E-state index in [9.17, 15) is 4.79 Å². The Balaban J connectivity index is 2.16. The van der Waals surface area contributed by atoms with Crippen LogP contribution < -0.4 is 5.69 Å². The number of imidazole rings is 1. The highest BCUT2D eigenvalue weighted by Crippen LogP contribution is 2.14. The van der Waals surface area contributed by atoms with Gasteiger partial charge in [0.1, 0.15) is 0 Å². The molecule has 2 rings (SSSR count). The zero-order valence-electron chi connectivity index (χ0n) is 11.2. The summed E-state index contributed by atoms with van der Waals surface area (Å²) in [5.74, 6) is 0. The van der Waals surface area contributed by atoms with Crippen molar-refractivity contribution < 1.29 is 0 Å². The van der Waals surface area contributed by atoms with Gasteiger partial charge in [-0.25, -0.2) is 4.79 Å². The van der Waals surface area contributed by atoms with Crippen molar-refractivity contribution in [3.63, 3.8) is 0 Å². The van der Waals surface area contributed by atoms with Gasteiger partial charge in [0.2, 0.25) is 0 Å². The van der Waals surface area contributed by atoms with Gasteiger partial charge in [0.05, 0.1) is 18.3 Å². The van der Waals surface area contributed by atoms with Gasteiger partial charge in [0.15, 0.2) is 0 Å². The smallest absolute Gasteiger partial charge is 0.302 e. The maximum absolute atomic E-state index is 11.7. The minimum atomic E-state index is -0.00733. The van der Waals surface area contributed by atoms with Crippen molar-refractivity contribution in [3.8, 4) is 0 Å². The molecular weight excluding hydrogens is 228 g/mol. The zero-order valence-corrected chi connectivity index (χ0v) is 11.2. The van der Waals surface area contributed by atoms with E-state index in [0.717, 1.165) is 18.5 Å². The van der Waals surface area contributed by atoms with Gasteiger partial charge in [0, 0.05) is 25.6 Å². The minimum Gasteiger partial charge on any atom is -0.302 e. The Morgan fingerprint density at radius 2 is 1.94 bits per heavy atom. The predicted octanol–water partition coefficient (Wildman–Crippen LogP) is 1.79. The summed E-state index contributed by atoms with van der Waals surface area (Å²) in [5.41, 5.74) is 0.919. The van der Waals surface area contributed by atoms with Crippen LogP contribution in [-0.4, -0.2) is 18.9 Å². The zero-order chi connectivity index (χ0) is 13.1. The van der Waals surface area contributed by atoms with Crippen molar-refractivity contribution in [3.05, 3.63) is 40.8 Å². The third-order valence-corrected chi connectivity index (χ3v) is 3.33. The van der Waals surface area contributed by atoms with Gasteiger partial charge < -0.3 is 4.57 Å². The number of nitrogens with zero attached hydrogens (tertiary/aromatic N) is 4. The molecule has 0 aromatic carbocycles. The summed E-state index contributed by atoms with van der Waals surface area (Å²) in [6, 6.07) is 2.43. The summed E-state index contributed by atoms with van der Waals surface area (Å²) in [4.78, 5) is 11.7. The molecule has 0 aliphatic heterocycles. The molecule has 0 atom stereocenters. The fourth-order valence-corrected chi connectivity index (χ4v) is 2.13. The van der Waals surface area contributed by atoms with Crippen LogP contribution in [0.5, 0.6) is 0 Å². The molecule has 18 heavy (non-hydrogen) atoms. The van der Waals surface area contributed by atoms with Crippen molar-refractivity contribution in [2.75, 3.05) is 0 Å². The van der Waals surface area contributed by atoms with Gasteiger partial charge in [0.25, 0.3) is 0 Å². The molecule has 0 N–H and O–H groups in total. The maximum Gasteiger partial charge on any atom is 0.328 e. The Morgan fingerprint density at radius 3 is 2.50 bits per heavy atom. The Hall–Kier alpha value is -1.78. The third-order valence-electron chi connectivity index (χ3n) is 3.33. The van der Waals surface area contributed by atoms with Gasteiger partial charge in [-0.05, 0) is 18.9 Å². The minimum absolute atomic E-state index is 0.00733. The molecule has 0 fully saturated rings. The van der Waals surface area contributed by atoms with E-state index in [1.807, 2.05) is 16.9 Å². The first-order valence-electron chi connectivity index (χ1n) is 6.41. The first-order chi connectivity index (χ1) is 8.65. The lowest BCUT2D eigenvalue weighted by Crippen LogP contribution is -2.22. The quantitative estimate of drug-likeness (QED) is 0.809. The molecule has 0 saturated carbocycles. The van der Waals surface area contributed by atoms with Crippen LogP contribution in [0.4, 0.5) is 0 Å². The summed E-state index contributed by atoms with van der Waals surface area (Å²) < 4.78 is 5.24. The second-order valence-electron chi connectivity index (χ2n) is 4.58. The van der Waals surface area contributed by atoms with Crippen molar-refractivity contribution >= 4 is 0 Å². The average molecular weight is 248 g/mol. The summed E-state index contributed by atoms with van der Waals surface area (Å²) in [5, 5.41) is 4.55. The first-order valence-corrected chi connectivity index (χ1v) is 6.41. The molecule has 2 aromatic heterocycles. The second-order valence-corrected chi connectivity index (χ2v) is 4.58. The van der Waals surface area contributed by atoms with Crippen LogP contribution in [-0.2, 0) is 13.6 Å². The van der Waals surface area contributed by atoms with Crippen LogP contribution in [0.25, 0.3) is 0 Å². The molecule has 0 saturated heterocycles. The van der Waals surface area contributed by atoms with Crippen molar-refractivity contribution in [2.24, 2.45) is 7.05 Å².